The van der Waals surface area contributed by atoms with Crippen molar-refractivity contribution < 1.29 is 0 Å². The van der Waals surface area contributed by atoms with Crippen LogP contribution in [0.25, 0.3) is 0 Å². The fourth-order valence-corrected chi connectivity index (χ4v) is 4.78. The highest BCUT2D eigenvalue weighted by Gasteiger charge is 2.46. The second kappa shape index (κ2) is 6.76. The van der Waals surface area contributed by atoms with E-state index in [0.29, 0.717) is 0 Å². The van der Waals surface area contributed by atoms with Gasteiger partial charge in [0.25, 0.3) is 0 Å². The Morgan fingerprint density at radius 1 is 1.20 bits per heavy atom. The third-order valence-electron chi connectivity index (χ3n) is 6.16. The highest BCUT2D eigenvalue weighted by atomic mass is 15.2. The Bertz CT molecular complexity index is 297. The van der Waals surface area contributed by atoms with Crippen LogP contribution in [0.1, 0.15) is 52.4 Å². The Morgan fingerprint density at radius 3 is 2.40 bits per heavy atom. The smallest absolute Gasteiger partial charge is 0.0362 e. The van der Waals surface area contributed by atoms with E-state index < -0.39 is 0 Å². The van der Waals surface area contributed by atoms with Crippen LogP contribution >= 0.6 is 0 Å². The summed E-state index contributed by atoms with van der Waals surface area (Å²) in [5.41, 5.74) is 6.61. The minimum absolute atomic E-state index is 0.257. The van der Waals surface area contributed by atoms with Gasteiger partial charge in [-0.05, 0) is 64.7 Å². The maximum absolute atomic E-state index is 6.35. The van der Waals surface area contributed by atoms with E-state index in [2.05, 4.69) is 37.7 Å². The second-order valence-corrected chi connectivity index (χ2v) is 7.55. The number of piperidine rings is 1. The average molecular weight is 281 g/mol. The summed E-state index contributed by atoms with van der Waals surface area (Å²) in [6, 6.07) is 0.731. The van der Waals surface area contributed by atoms with Crippen molar-refractivity contribution in [2.24, 2.45) is 17.6 Å². The van der Waals surface area contributed by atoms with Gasteiger partial charge >= 0.3 is 0 Å². The Balaban J connectivity index is 2.15. The molecule has 0 aromatic heterocycles. The summed E-state index contributed by atoms with van der Waals surface area (Å²) in [7, 11) is 4.61. The molecule has 2 unspecified atom stereocenters. The summed E-state index contributed by atoms with van der Waals surface area (Å²) in [6.07, 6.45) is 8.03. The normalized spacial score (nSPS) is 34.0. The number of likely N-dealkylation sites (tertiary alicyclic amines) is 1. The molecular formula is C17H35N3. The van der Waals surface area contributed by atoms with Crippen LogP contribution in [-0.2, 0) is 0 Å². The summed E-state index contributed by atoms with van der Waals surface area (Å²) >= 11 is 0. The highest BCUT2D eigenvalue weighted by molar-refractivity contribution is 5.02. The van der Waals surface area contributed by atoms with Crippen LogP contribution in [-0.4, -0.2) is 55.1 Å². The van der Waals surface area contributed by atoms with Gasteiger partial charge in [0.05, 0.1) is 0 Å². The van der Waals surface area contributed by atoms with Crippen LogP contribution in [0.3, 0.4) is 0 Å². The first-order valence-corrected chi connectivity index (χ1v) is 8.63. The zero-order valence-electron chi connectivity index (χ0n) is 14.1. The van der Waals surface area contributed by atoms with Gasteiger partial charge in [0, 0.05) is 18.1 Å². The molecule has 2 rings (SSSR count). The van der Waals surface area contributed by atoms with Crippen LogP contribution in [0.15, 0.2) is 0 Å². The maximum atomic E-state index is 6.35. The van der Waals surface area contributed by atoms with Gasteiger partial charge in [-0.1, -0.05) is 26.7 Å². The summed E-state index contributed by atoms with van der Waals surface area (Å²) in [4.78, 5) is 5.17. The first-order valence-electron chi connectivity index (χ1n) is 8.63. The van der Waals surface area contributed by atoms with Crippen molar-refractivity contribution >= 4 is 0 Å². The molecule has 2 fully saturated rings. The molecule has 1 aliphatic carbocycles. The third-order valence-corrected chi connectivity index (χ3v) is 6.16. The Morgan fingerprint density at radius 2 is 1.85 bits per heavy atom. The van der Waals surface area contributed by atoms with Crippen molar-refractivity contribution in [1.29, 1.82) is 0 Å². The number of hydrogen-bond acceptors (Lipinski definition) is 3. The van der Waals surface area contributed by atoms with Gasteiger partial charge in [-0.2, -0.15) is 0 Å². The van der Waals surface area contributed by atoms with Crippen LogP contribution in [0, 0.1) is 11.8 Å². The van der Waals surface area contributed by atoms with E-state index in [0.717, 1.165) is 24.4 Å². The van der Waals surface area contributed by atoms with E-state index in [9.17, 15) is 0 Å². The van der Waals surface area contributed by atoms with Gasteiger partial charge in [-0.15, -0.1) is 0 Å². The van der Waals surface area contributed by atoms with E-state index in [4.69, 9.17) is 5.73 Å². The highest BCUT2D eigenvalue weighted by Crippen LogP contribution is 2.43. The van der Waals surface area contributed by atoms with Gasteiger partial charge in [0.15, 0.2) is 0 Å². The lowest BCUT2D eigenvalue weighted by molar-refractivity contribution is -0.0364. The monoisotopic (exact) mass is 281 g/mol. The molecule has 0 spiro atoms. The molecule has 0 bridgehead atoms. The van der Waals surface area contributed by atoms with Crippen molar-refractivity contribution in [2.45, 2.75) is 64.0 Å². The van der Waals surface area contributed by atoms with E-state index in [1.54, 1.807) is 0 Å². The van der Waals surface area contributed by atoms with Crippen molar-refractivity contribution in [3.05, 3.63) is 0 Å². The molecule has 3 nitrogen and oxygen atoms in total. The van der Waals surface area contributed by atoms with Crippen molar-refractivity contribution in [2.75, 3.05) is 33.7 Å². The molecule has 2 atom stereocenters. The largest absolute Gasteiger partial charge is 0.329 e. The number of likely N-dealkylation sites (N-methyl/N-ethyl adjacent to an activating group) is 1. The molecular weight excluding hydrogens is 246 g/mol. The molecule has 0 aromatic rings. The fourth-order valence-electron chi connectivity index (χ4n) is 4.78. The molecule has 1 heterocycles. The zero-order chi connectivity index (χ0) is 14.8. The minimum atomic E-state index is 0.257. The minimum Gasteiger partial charge on any atom is -0.329 e. The molecule has 0 radical (unpaired) electrons. The SMILES string of the molecule is CC(C)C1CCCCC1(CN)N(C)C1CCN(C)CC1. The molecule has 1 aliphatic heterocycles. The van der Waals surface area contributed by atoms with Crippen molar-refractivity contribution in [3.63, 3.8) is 0 Å². The number of rotatable bonds is 4. The van der Waals surface area contributed by atoms with Gasteiger partial charge in [0.1, 0.15) is 0 Å². The van der Waals surface area contributed by atoms with Gasteiger partial charge in [-0.25, -0.2) is 0 Å². The predicted octanol–water partition coefficient (Wildman–Crippen LogP) is 2.56. The summed E-state index contributed by atoms with van der Waals surface area (Å²) < 4.78 is 0. The quantitative estimate of drug-likeness (QED) is 0.859. The fraction of sp³-hybridized carbons (Fsp3) is 1.00. The average Bonchev–Trinajstić information content (AvgIpc) is 2.47. The Labute approximate surface area is 125 Å². The van der Waals surface area contributed by atoms with E-state index in [1.807, 2.05) is 0 Å². The number of hydrogen-bond donors (Lipinski definition) is 1. The van der Waals surface area contributed by atoms with E-state index >= 15 is 0 Å². The lowest BCUT2D eigenvalue weighted by Gasteiger charge is -2.54. The molecule has 2 aliphatic rings. The lowest BCUT2D eigenvalue weighted by Crippen LogP contribution is -2.63. The predicted molar refractivity (Wildman–Crippen MR) is 86.9 cm³/mol. The number of nitrogens with two attached hydrogens (primary N) is 1. The van der Waals surface area contributed by atoms with Gasteiger partial charge < -0.3 is 10.6 Å². The Kier molecular flexibility index (Phi) is 5.49. The summed E-state index contributed by atoms with van der Waals surface area (Å²) in [5, 5.41) is 0. The lowest BCUT2D eigenvalue weighted by atomic mass is 9.66. The molecule has 2 N–H and O–H groups in total. The number of nitrogens with zero attached hydrogens (tertiary/aromatic N) is 2. The molecule has 118 valence electrons. The second-order valence-electron chi connectivity index (χ2n) is 7.55. The van der Waals surface area contributed by atoms with Crippen LogP contribution < -0.4 is 5.73 Å². The molecule has 1 saturated carbocycles. The first kappa shape index (κ1) is 16.3. The first-order chi connectivity index (χ1) is 9.51. The maximum Gasteiger partial charge on any atom is 0.0362 e. The van der Waals surface area contributed by atoms with Crippen LogP contribution in [0.2, 0.25) is 0 Å². The van der Waals surface area contributed by atoms with E-state index in [-0.39, 0.29) is 5.54 Å². The Hall–Kier alpha value is -0.120. The third kappa shape index (κ3) is 3.05. The topological polar surface area (TPSA) is 32.5 Å². The summed E-state index contributed by atoms with van der Waals surface area (Å²) in [6.45, 7) is 8.09. The molecule has 0 amide bonds. The zero-order valence-corrected chi connectivity index (χ0v) is 14.1. The van der Waals surface area contributed by atoms with E-state index in [1.165, 1.54) is 51.6 Å². The summed E-state index contributed by atoms with van der Waals surface area (Å²) in [5.74, 6) is 1.51. The van der Waals surface area contributed by atoms with Crippen molar-refractivity contribution in [1.82, 2.24) is 9.80 Å². The van der Waals surface area contributed by atoms with Gasteiger partial charge in [-0.3, -0.25) is 4.90 Å². The molecule has 3 heteroatoms. The molecule has 1 saturated heterocycles. The van der Waals surface area contributed by atoms with Gasteiger partial charge in [0.2, 0.25) is 0 Å². The van der Waals surface area contributed by atoms with Crippen LogP contribution in [0.5, 0.6) is 0 Å². The molecule has 0 aromatic carbocycles. The molecule has 20 heavy (non-hydrogen) atoms. The van der Waals surface area contributed by atoms with Crippen LogP contribution in [0.4, 0.5) is 0 Å². The standard InChI is InChI=1S/C17H35N3/c1-14(2)16-7-5-6-10-17(16,13-18)20(4)15-8-11-19(3)12-9-15/h14-16H,5-13,18H2,1-4H3. The van der Waals surface area contributed by atoms with Crippen molar-refractivity contribution in [3.8, 4) is 0 Å².